The molecule has 0 bridgehead atoms. The van der Waals surface area contributed by atoms with E-state index in [2.05, 4.69) is 14.9 Å². The number of piperidine rings is 1. The molecule has 2 N–H and O–H groups in total. The summed E-state index contributed by atoms with van der Waals surface area (Å²) < 4.78 is 0. The zero-order valence-corrected chi connectivity index (χ0v) is 10.2. The third-order valence-electron chi connectivity index (χ3n) is 4.02. The van der Waals surface area contributed by atoms with Crippen molar-refractivity contribution in [1.82, 2.24) is 9.97 Å². The third kappa shape index (κ3) is 1.90. The van der Waals surface area contributed by atoms with Crippen LogP contribution in [0.4, 0.5) is 5.82 Å². The van der Waals surface area contributed by atoms with Crippen LogP contribution in [0, 0.1) is 0 Å². The van der Waals surface area contributed by atoms with Crippen LogP contribution >= 0.6 is 0 Å². The lowest BCUT2D eigenvalue weighted by atomic mass is 10.0. The highest BCUT2D eigenvalue weighted by Gasteiger charge is 2.27. The van der Waals surface area contributed by atoms with Crippen LogP contribution in [0.3, 0.4) is 0 Å². The second-order valence-electron chi connectivity index (χ2n) is 5.05. The predicted octanol–water partition coefficient (Wildman–Crippen LogP) is 1.28. The molecule has 1 saturated heterocycles. The van der Waals surface area contributed by atoms with E-state index in [0.717, 1.165) is 25.9 Å². The van der Waals surface area contributed by atoms with E-state index in [9.17, 15) is 0 Å². The fraction of sp³-hybridized carbons (Fsp3) is 0.692. The Hall–Kier alpha value is -1.16. The molecule has 0 amide bonds. The van der Waals surface area contributed by atoms with E-state index in [4.69, 9.17) is 5.73 Å². The fourth-order valence-electron chi connectivity index (χ4n) is 3.11. The zero-order chi connectivity index (χ0) is 11.7. The molecule has 17 heavy (non-hydrogen) atoms. The quantitative estimate of drug-likeness (QED) is 0.834. The number of hydrogen-bond donors (Lipinski definition) is 1. The van der Waals surface area contributed by atoms with Gasteiger partial charge < -0.3 is 10.6 Å². The van der Waals surface area contributed by atoms with Gasteiger partial charge in [0.2, 0.25) is 0 Å². The molecule has 4 heteroatoms. The van der Waals surface area contributed by atoms with Gasteiger partial charge in [0.15, 0.2) is 0 Å². The van der Waals surface area contributed by atoms with Crippen molar-refractivity contribution < 1.29 is 0 Å². The maximum atomic E-state index is 5.89. The Balaban J connectivity index is 1.95. The molecule has 1 aliphatic carbocycles. The summed E-state index contributed by atoms with van der Waals surface area (Å²) in [5, 5.41) is 0. The summed E-state index contributed by atoms with van der Waals surface area (Å²) in [6, 6.07) is 0.475. The van der Waals surface area contributed by atoms with Crippen molar-refractivity contribution in [1.29, 1.82) is 0 Å². The first-order valence-electron chi connectivity index (χ1n) is 6.69. The topological polar surface area (TPSA) is 55.0 Å². The van der Waals surface area contributed by atoms with Crippen LogP contribution in [0.15, 0.2) is 6.33 Å². The Labute approximate surface area is 102 Å². The fourth-order valence-corrected chi connectivity index (χ4v) is 3.11. The lowest BCUT2D eigenvalue weighted by Crippen LogP contribution is -2.45. The number of aryl methyl sites for hydroxylation is 1. The van der Waals surface area contributed by atoms with E-state index in [1.807, 2.05) is 0 Å². The minimum atomic E-state index is 0.475. The summed E-state index contributed by atoms with van der Waals surface area (Å²) in [6.45, 7) is 1.84. The van der Waals surface area contributed by atoms with Gasteiger partial charge in [0.25, 0.3) is 0 Å². The molecule has 92 valence electrons. The smallest absolute Gasteiger partial charge is 0.135 e. The number of nitrogens with two attached hydrogens (primary N) is 1. The van der Waals surface area contributed by atoms with Gasteiger partial charge in [-0.15, -0.1) is 0 Å². The SMILES string of the molecule is NCC1CCCCN1c1ncnc2c1CCC2. The number of anilines is 1. The average molecular weight is 232 g/mol. The van der Waals surface area contributed by atoms with E-state index in [1.54, 1.807) is 6.33 Å². The molecule has 1 aromatic rings. The maximum Gasteiger partial charge on any atom is 0.135 e. The summed E-state index contributed by atoms with van der Waals surface area (Å²) in [7, 11) is 0. The molecule has 1 unspecified atom stereocenters. The molecule has 3 rings (SSSR count). The maximum absolute atomic E-state index is 5.89. The van der Waals surface area contributed by atoms with E-state index in [1.165, 1.54) is 42.8 Å². The van der Waals surface area contributed by atoms with Gasteiger partial charge in [0.1, 0.15) is 12.1 Å². The normalized spacial score (nSPS) is 23.8. The van der Waals surface area contributed by atoms with Gasteiger partial charge >= 0.3 is 0 Å². The summed E-state index contributed by atoms with van der Waals surface area (Å²) in [6.07, 6.45) is 8.96. The van der Waals surface area contributed by atoms with Gasteiger partial charge in [-0.1, -0.05) is 0 Å². The average Bonchev–Trinajstić information content (AvgIpc) is 2.86. The molecule has 2 aliphatic rings. The van der Waals surface area contributed by atoms with E-state index in [0.29, 0.717) is 6.04 Å². The minimum absolute atomic E-state index is 0.475. The van der Waals surface area contributed by atoms with Crippen molar-refractivity contribution in [3.63, 3.8) is 0 Å². The molecular weight excluding hydrogens is 212 g/mol. The van der Waals surface area contributed by atoms with Crippen molar-refractivity contribution in [2.75, 3.05) is 18.0 Å². The first kappa shape index (κ1) is 11.0. The Bertz CT molecular complexity index is 404. The summed E-state index contributed by atoms with van der Waals surface area (Å²) in [4.78, 5) is 11.4. The first-order chi connectivity index (χ1) is 8.40. The molecule has 0 saturated carbocycles. The molecule has 2 heterocycles. The van der Waals surface area contributed by atoms with Crippen LogP contribution in [0.5, 0.6) is 0 Å². The van der Waals surface area contributed by atoms with Gasteiger partial charge in [-0.3, -0.25) is 0 Å². The van der Waals surface area contributed by atoms with E-state index >= 15 is 0 Å². The number of aromatic nitrogens is 2. The van der Waals surface area contributed by atoms with Crippen LogP contribution in [-0.2, 0) is 12.8 Å². The molecule has 1 aromatic heterocycles. The number of rotatable bonds is 2. The Morgan fingerprint density at radius 1 is 1.24 bits per heavy atom. The van der Waals surface area contributed by atoms with Gasteiger partial charge in [-0.05, 0) is 38.5 Å². The molecule has 1 fully saturated rings. The van der Waals surface area contributed by atoms with Gasteiger partial charge in [0.05, 0.1) is 0 Å². The van der Waals surface area contributed by atoms with Crippen LogP contribution in [0.2, 0.25) is 0 Å². The number of nitrogens with zero attached hydrogens (tertiary/aromatic N) is 3. The second-order valence-corrected chi connectivity index (χ2v) is 5.05. The molecule has 4 nitrogen and oxygen atoms in total. The Kier molecular flexibility index (Phi) is 2.97. The molecule has 0 spiro atoms. The molecular formula is C13H20N4. The van der Waals surface area contributed by atoms with Gasteiger partial charge in [-0.25, -0.2) is 9.97 Å². The van der Waals surface area contributed by atoms with Crippen LogP contribution in [-0.4, -0.2) is 29.1 Å². The number of fused-ring (bicyclic) bond motifs is 1. The van der Waals surface area contributed by atoms with Crippen molar-refractivity contribution in [2.24, 2.45) is 5.73 Å². The second kappa shape index (κ2) is 4.61. The van der Waals surface area contributed by atoms with Crippen LogP contribution in [0.1, 0.15) is 36.9 Å². The van der Waals surface area contributed by atoms with Crippen molar-refractivity contribution in [2.45, 2.75) is 44.6 Å². The highest BCUT2D eigenvalue weighted by atomic mass is 15.2. The monoisotopic (exact) mass is 232 g/mol. The first-order valence-corrected chi connectivity index (χ1v) is 6.69. The van der Waals surface area contributed by atoms with Gasteiger partial charge in [0, 0.05) is 30.4 Å². The van der Waals surface area contributed by atoms with Crippen molar-refractivity contribution >= 4 is 5.82 Å². The molecule has 0 radical (unpaired) electrons. The summed E-state index contributed by atoms with van der Waals surface area (Å²) >= 11 is 0. The standard InChI is InChI=1S/C13H20N4/c14-8-10-4-1-2-7-17(10)13-11-5-3-6-12(11)15-9-16-13/h9-10H,1-8,14H2. The third-order valence-corrected chi connectivity index (χ3v) is 4.02. The Morgan fingerprint density at radius 3 is 3.06 bits per heavy atom. The predicted molar refractivity (Wildman–Crippen MR) is 68.1 cm³/mol. The van der Waals surface area contributed by atoms with Crippen molar-refractivity contribution in [3.05, 3.63) is 17.6 Å². The van der Waals surface area contributed by atoms with Crippen LogP contribution < -0.4 is 10.6 Å². The minimum Gasteiger partial charge on any atom is -0.352 e. The van der Waals surface area contributed by atoms with E-state index < -0.39 is 0 Å². The molecule has 0 aromatic carbocycles. The van der Waals surface area contributed by atoms with E-state index in [-0.39, 0.29) is 0 Å². The lowest BCUT2D eigenvalue weighted by molar-refractivity contribution is 0.461. The van der Waals surface area contributed by atoms with Crippen molar-refractivity contribution in [3.8, 4) is 0 Å². The van der Waals surface area contributed by atoms with Crippen LogP contribution in [0.25, 0.3) is 0 Å². The Morgan fingerprint density at radius 2 is 2.18 bits per heavy atom. The molecule has 1 aliphatic heterocycles. The highest BCUT2D eigenvalue weighted by Crippen LogP contribution is 2.31. The summed E-state index contributed by atoms with van der Waals surface area (Å²) in [5.74, 6) is 1.17. The summed E-state index contributed by atoms with van der Waals surface area (Å²) in [5.41, 5.74) is 8.53. The zero-order valence-electron chi connectivity index (χ0n) is 10.2. The highest BCUT2D eigenvalue weighted by molar-refractivity contribution is 5.51. The number of hydrogen-bond acceptors (Lipinski definition) is 4. The lowest BCUT2D eigenvalue weighted by Gasteiger charge is -2.36. The molecule has 1 atom stereocenters. The largest absolute Gasteiger partial charge is 0.352 e. The van der Waals surface area contributed by atoms with Gasteiger partial charge in [-0.2, -0.15) is 0 Å².